The van der Waals surface area contributed by atoms with Crippen molar-refractivity contribution in [1.29, 1.82) is 0 Å². The number of hydrogen-bond donors (Lipinski definition) is 2. The Balaban J connectivity index is 1.96. The van der Waals surface area contributed by atoms with Crippen LogP contribution in [0.4, 0.5) is 5.69 Å². The van der Waals surface area contributed by atoms with Gasteiger partial charge in [-0.05, 0) is 38.5 Å². The van der Waals surface area contributed by atoms with Gasteiger partial charge in [0.15, 0.2) is 0 Å². The topological polar surface area (TPSA) is 75.6 Å². The number of nitrogen functional groups attached to an aromatic ring is 1. The predicted octanol–water partition coefficient (Wildman–Crippen LogP) is 1.28. The van der Waals surface area contributed by atoms with E-state index in [0.29, 0.717) is 11.3 Å². The Kier molecular flexibility index (Phi) is 4.54. The number of carbonyl (C=O) groups is 1. The fourth-order valence-corrected chi connectivity index (χ4v) is 2.71. The van der Waals surface area contributed by atoms with Crippen molar-refractivity contribution in [2.75, 3.05) is 31.9 Å². The minimum Gasteiger partial charge on any atom is -0.398 e. The van der Waals surface area contributed by atoms with E-state index in [0.717, 1.165) is 38.3 Å². The molecule has 1 aromatic rings. The molecule has 1 heterocycles. The summed E-state index contributed by atoms with van der Waals surface area (Å²) in [6.07, 6.45) is 0. The van der Waals surface area contributed by atoms with E-state index in [1.807, 2.05) is 6.07 Å². The van der Waals surface area contributed by atoms with Crippen LogP contribution in [-0.2, 0) is 6.54 Å². The fourth-order valence-electron chi connectivity index (χ4n) is 2.71. The average Bonchev–Trinajstić information content (AvgIpc) is 2.40. The van der Waals surface area contributed by atoms with Crippen LogP contribution in [0.3, 0.4) is 0 Å². The second-order valence-corrected chi connectivity index (χ2v) is 6.71. The third kappa shape index (κ3) is 3.95. The van der Waals surface area contributed by atoms with Gasteiger partial charge in [-0.25, -0.2) is 0 Å². The second-order valence-electron chi connectivity index (χ2n) is 6.71. The normalized spacial score (nSPS) is 17.9. The molecule has 1 saturated heterocycles. The molecule has 0 radical (unpaired) electrons. The summed E-state index contributed by atoms with van der Waals surface area (Å²) >= 11 is 0. The zero-order valence-electron chi connectivity index (χ0n) is 13.2. The van der Waals surface area contributed by atoms with Crippen molar-refractivity contribution in [3.63, 3.8) is 0 Å². The molecule has 1 aromatic carbocycles. The highest BCUT2D eigenvalue weighted by molar-refractivity contribution is 5.93. The molecule has 2 rings (SSSR count). The number of carbonyl (C=O) groups excluding carboxylic acids is 1. The highest BCUT2D eigenvalue weighted by Crippen LogP contribution is 2.20. The van der Waals surface area contributed by atoms with Crippen LogP contribution in [0.2, 0.25) is 0 Å². The van der Waals surface area contributed by atoms with E-state index in [9.17, 15) is 4.79 Å². The Hall–Kier alpha value is -1.59. The molecule has 1 amide bonds. The van der Waals surface area contributed by atoms with Crippen LogP contribution in [0.1, 0.15) is 36.7 Å². The molecular weight excluding hydrogens is 264 g/mol. The molecule has 21 heavy (non-hydrogen) atoms. The van der Waals surface area contributed by atoms with E-state index in [4.69, 9.17) is 11.5 Å². The third-order valence-electron chi connectivity index (χ3n) is 4.15. The first-order chi connectivity index (χ1) is 9.77. The Morgan fingerprint density at radius 2 is 1.81 bits per heavy atom. The van der Waals surface area contributed by atoms with Crippen LogP contribution in [0.5, 0.6) is 0 Å². The first-order valence-corrected chi connectivity index (χ1v) is 7.43. The fraction of sp³-hybridized carbons (Fsp3) is 0.562. The van der Waals surface area contributed by atoms with Crippen molar-refractivity contribution in [2.45, 2.75) is 32.9 Å². The Bertz CT molecular complexity index is 513. The summed E-state index contributed by atoms with van der Waals surface area (Å²) in [5.74, 6) is -0.438. The van der Waals surface area contributed by atoms with Gasteiger partial charge in [0, 0.05) is 49.5 Å². The standard InChI is InChI=1S/C16H26N4O/c1-16(2,3)20-8-6-19(7-9-20)11-13-5-4-12(15(18)21)10-14(13)17/h4-5,10H,6-9,11,17H2,1-3H3,(H2,18,21). The number of piperazine rings is 1. The minimum atomic E-state index is -0.438. The first kappa shape index (κ1) is 15.8. The SMILES string of the molecule is CC(C)(C)N1CCN(Cc2ccc(C(N)=O)cc2N)CC1. The van der Waals surface area contributed by atoms with Gasteiger partial charge >= 0.3 is 0 Å². The molecule has 1 aliphatic heterocycles. The lowest BCUT2D eigenvalue weighted by atomic mass is 10.0. The van der Waals surface area contributed by atoms with Crippen LogP contribution in [0.15, 0.2) is 18.2 Å². The number of rotatable bonds is 3. The van der Waals surface area contributed by atoms with Gasteiger partial charge < -0.3 is 11.5 Å². The maximum Gasteiger partial charge on any atom is 0.248 e. The molecule has 0 unspecified atom stereocenters. The van der Waals surface area contributed by atoms with E-state index in [1.165, 1.54) is 0 Å². The molecule has 0 saturated carbocycles. The average molecular weight is 290 g/mol. The molecule has 0 atom stereocenters. The van der Waals surface area contributed by atoms with Crippen molar-refractivity contribution >= 4 is 11.6 Å². The largest absolute Gasteiger partial charge is 0.398 e. The number of anilines is 1. The van der Waals surface area contributed by atoms with Gasteiger partial charge in [0.1, 0.15) is 0 Å². The zero-order chi connectivity index (χ0) is 15.6. The maximum atomic E-state index is 11.1. The van der Waals surface area contributed by atoms with Crippen LogP contribution in [0, 0.1) is 0 Å². The molecule has 4 N–H and O–H groups in total. The highest BCUT2D eigenvalue weighted by Gasteiger charge is 2.25. The van der Waals surface area contributed by atoms with Gasteiger partial charge in [-0.15, -0.1) is 0 Å². The summed E-state index contributed by atoms with van der Waals surface area (Å²) in [7, 11) is 0. The maximum absolute atomic E-state index is 11.1. The molecule has 0 aliphatic carbocycles. The van der Waals surface area contributed by atoms with Gasteiger partial charge in [0.25, 0.3) is 0 Å². The number of primary amides is 1. The van der Waals surface area contributed by atoms with Crippen LogP contribution in [0.25, 0.3) is 0 Å². The lowest BCUT2D eigenvalue weighted by Crippen LogP contribution is -2.53. The number of benzene rings is 1. The van der Waals surface area contributed by atoms with Crippen LogP contribution in [-0.4, -0.2) is 47.4 Å². The van der Waals surface area contributed by atoms with Gasteiger partial charge in [-0.1, -0.05) is 6.07 Å². The van der Waals surface area contributed by atoms with Gasteiger partial charge in [0.05, 0.1) is 0 Å². The zero-order valence-corrected chi connectivity index (χ0v) is 13.2. The van der Waals surface area contributed by atoms with E-state index < -0.39 is 5.91 Å². The molecule has 0 spiro atoms. The predicted molar refractivity (Wildman–Crippen MR) is 86.0 cm³/mol. The Morgan fingerprint density at radius 3 is 2.29 bits per heavy atom. The summed E-state index contributed by atoms with van der Waals surface area (Å²) < 4.78 is 0. The summed E-state index contributed by atoms with van der Waals surface area (Å²) in [4.78, 5) is 16.0. The van der Waals surface area contributed by atoms with E-state index >= 15 is 0 Å². The van der Waals surface area contributed by atoms with E-state index in [2.05, 4.69) is 30.6 Å². The molecule has 116 valence electrons. The summed E-state index contributed by atoms with van der Waals surface area (Å²) in [6.45, 7) is 11.8. The lowest BCUT2D eigenvalue weighted by molar-refractivity contribution is 0.0592. The molecule has 1 fully saturated rings. The third-order valence-corrected chi connectivity index (χ3v) is 4.15. The molecule has 5 nitrogen and oxygen atoms in total. The number of hydrogen-bond acceptors (Lipinski definition) is 4. The van der Waals surface area contributed by atoms with Crippen LogP contribution < -0.4 is 11.5 Å². The van der Waals surface area contributed by atoms with E-state index in [1.54, 1.807) is 12.1 Å². The van der Waals surface area contributed by atoms with E-state index in [-0.39, 0.29) is 5.54 Å². The van der Waals surface area contributed by atoms with Crippen LogP contribution >= 0.6 is 0 Å². The number of nitrogens with zero attached hydrogens (tertiary/aromatic N) is 2. The van der Waals surface area contributed by atoms with Crippen molar-refractivity contribution < 1.29 is 4.79 Å². The first-order valence-electron chi connectivity index (χ1n) is 7.43. The summed E-state index contributed by atoms with van der Waals surface area (Å²) in [5, 5.41) is 0. The highest BCUT2D eigenvalue weighted by atomic mass is 16.1. The monoisotopic (exact) mass is 290 g/mol. The van der Waals surface area contributed by atoms with Crippen molar-refractivity contribution in [2.24, 2.45) is 5.73 Å². The summed E-state index contributed by atoms with van der Waals surface area (Å²) in [5.41, 5.74) is 13.7. The molecule has 0 bridgehead atoms. The summed E-state index contributed by atoms with van der Waals surface area (Å²) in [6, 6.07) is 5.33. The van der Waals surface area contributed by atoms with Gasteiger partial charge in [-0.2, -0.15) is 0 Å². The van der Waals surface area contributed by atoms with Gasteiger partial charge in [0.2, 0.25) is 5.91 Å². The quantitative estimate of drug-likeness (QED) is 0.822. The number of nitrogens with two attached hydrogens (primary N) is 2. The Morgan fingerprint density at radius 1 is 1.19 bits per heavy atom. The Labute approximate surface area is 126 Å². The minimum absolute atomic E-state index is 0.230. The molecule has 1 aliphatic rings. The van der Waals surface area contributed by atoms with Crippen molar-refractivity contribution in [1.82, 2.24) is 9.80 Å². The second kappa shape index (κ2) is 6.03. The molecule has 0 aromatic heterocycles. The number of amides is 1. The van der Waals surface area contributed by atoms with Crippen molar-refractivity contribution in [3.8, 4) is 0 Å². The molecular formula is C16H26N4O. The lowest BCUT2D eigenvalue weighted by Gasteiger charge is -2.42. The van der Waals surface area contributed by atoms with Gasteiger partial charge in [-0.3, -0.25) is 14.6 Å². The van der Waals surface area contributed by atoms with Crippen molar-refractivity contribution in [3.05, 3.63) is 29.3 Å². The molecule has 5 heteroatoms. The smallest absolute Gasteiger partial charge is 0.248 e.